The largest absolute Gasteiger partial charge is 0.493 e. The fourth-order valence-electron chi connectivity index (χ4n) is 3.54. The Balaban J connectivity index is 2.05. The van der Waals surface area contributed by atoms with Crippen LogP contribution in [0.1, 0.15) is 34.1 Å². The lowest BCUT2D eigenvalue weighted by Crippen LogP contribution is -2.41. The van der Waals surface area contributed by atoms with E-state index in [4.69, 9.17) is 21.1 Å². The van der Waals surface area contributed by atoms with Gasteiger partial charge in [-0.25, -0.2) is 0 Å². The highest BCUT2D eigenvalue weighted by molar-refractivity contribution is 6.31. The average Bonchev–Trinajstić information content (AvgIpc) is 2.98. The normalized spacial score (nSPS) is 16.0. The number of hydrogen-bond acceptors (Lipinski definition) is 4. The molecule has 7 nitrogen and oxygen atoms in total. The summed E-state index contributed by atoms with van der Waals surface area (Å²) in [5, 5.41) is 9.88. The number of aliphatic carboxylic acids is 1. The fourth-order valence-corrected chi connectivity index (χ4v) is 3.79. The first-order valence-electron chi connectivity index (χ1n) is 8.45. The van der Waals surface area contributed by atoms with Crippen LogP contribution in [0.3, 0.4) is 0 Å². The molecule has 8 heteroatoms. The van der Waals surface area contributed by atoms with E-state index in [-0.39, 0.29) is 12.3 Å². The molecule has 2 heterocycles. The van der Waals surface area contributed by atoms with E-state index in [1.54, 1.807) is 42.0 Å². The van der Waals surface area contributed by atoms with E-state index in [1.165, 1.54) is 7.11 Å². The lowest BCUT2D eigenvalue weighted by Gasteiger charge is -2.37. The first-order valence-corrected chi connectivity index (χ1v) is 8.83. The molecule has 0 aliphatic carbocycles. The smallest absolute Gasteiger partial charge is 0.305 e. The maximum atomic E-state index is 13.1. The predicted octanol–water partition coefficient (Wildman–Crippen LogP) is 2.91. The highest BCUT2D eigenvalue weighted by Gasteiger charge is 2.35. The third-order valence-electron chi connectivity index (χ3n) is 4.82. The molecule has 0 saturated heterocycles. The molecule has 1 aromatic carbocycles. The van der Waals surface area contributed by atoms with Gasteiger partial charge in [0, 0.05) is 19.8 Å². The van der Waals surface area contributed by atoms with Crippen LogP contribution in [0.4, 0.5) is 0 Å². The third-order valence-corrected chi connectivity index (χ3v) is 5.03. The number of methoxy groups -OCH3 is 2. The quantitative estimate of drug-likeness (QED) is 0.846. The number of nitrogens with zero attached hydrogens (tertiary/aromatic N) is 2. The number of carbonyl (C=O) groups is 2. The van der Waals surface area contributed by atoms with Crippen LogP contribution in [0.5, 0.6) is 11.5 Å². The molecule has 0 unspecified atom stereocenters. The Morgan fingerprint density at radius 1 is 1.22 bits per heavy atom. The summed E-state index contributed by atoms with van der Waals surface area (Å²) in [5.74, 6) is -0.149. The molecular formula is C19H21ClN2O5. The molecule has 0 fully saturated rings. The highest BCUT2D eigenvalue weighted by atomic mass is 35.5. The van der Waals surface area contributed by atoms with Crippen molar-refractivity contribution >= 4 is 23.5 Å². The average molecular weight is 393 g/mol. The first kappa shape index (κ1) is 19.1. The Bertz CT molecular complexity index is 892. The maximum absolute atomic E-state index is 13.1. The van der Waals surface area contributed by atoms with Crippen LogP contribution in [-0.4, -0.2) is 47.2 Å². The fraction of sp³-hybridized carbons (Fsp3) is 0.368. The molecule has 0 saturated carbocycles. The summed E-state index contributed by atoms with van der Waals surface area (Å²) in [4.78, 5) is 26.2. The minimum absolute atomic E-state index is 0.202. The van der Waals surface area contributed by atoms with Crippen LogP contribution >= 0.6 is 11.6 Å². The Morgan fingerprint density at radius 2 is 1.89 bits per heavy atom. The van der Waals surface area contributed by atoms with Crippen molar-refractivity contribution in [2.75, 3.05) is 20.8 Å². The standard InChI is InChI=1S/C19H21ClN2O5/c1-21-10-12(20)7-15(21)19(25)22-5-4-11-6-16(26-2)17(27-3)8-13(11)14(22)9-18(23)24/h6-8,10,14H,4-5,9H2,1-3H3,(H,23,24)/t14-/m1/s1. The van der Waals surface area contributed by atoms with Gasteiger partial charge < -0.3 is 24.0 Å². The Kier molecular flexibility index (Phi) is 5.32. The summed E-state index contributed by atoms with van der Waals surface area (Å²) in [7, 11) is 4.81. The van der Waals surface area contributed by atoms with Crippen molar-refractivity contribution in [1.82, 2.24) is 9.47 Å². The number of carboxylic acids is 1. The van der Waals surface area contributed by atoms with Gasteiger partial charge in [-0.05, 0) is 35.7 Å². The second-order valence-corrected chi connectivity index (χ2v) is 6.86. The Labute approximate surface area is 162 Å². The second-order valence-electron chi connectivity index (χ2n) is 6.42. The number of carboxylic acid groups (broad SMARTS) is 1. The van der Waals surface area contributed by atoms with Gasteiger partial charge in [0.2, 0.25) is 0 Å². The van der Waals surface area contributed by atoms with Gasteiger partial charge in [0.25, 0.3) is 5.91 Å². The summed E-state index contributed by atoms with van der Waals surface area (Å²) >= 11 is 6.01. The molecular weight excluding hydrogens is 372 g/mol. The monoisotopic (exact) mass is 392 g/mol. The van der Waals surface area contributed by atoms with E-state index in [0.717, 1.165) is 11.1 Å². The zero-order chi connectivity index (χ0) is 19.7. The summed E-state index contributed by atoms with van der Waals surface area (Å²) in [6, 6.07) is 4.60. The van der Waals surface area contributed by atoms with E-state index in [9.17, 15) is 14.7 Å². The number of aryl methyl sites for hydroxylation is 1. The third kappa shape index (κ3) is 3.60. The zero-order valence-corrected chi connectivity index (χ0v) is 16.1. The van der Waals surface area contributed by atoms with Gasteiger partial charge in [-0.3, -0.25) is 9.59 Å². The molecule has 3 rings (SSSR count). The van der Waals surface area contributed by atoms with Gasteiger partial charge in [0.05, 0.1) is 31.7 Å². The number of fused-ring (bicyclic) bond motifs is 1. The van der Waals surface area contributed by atoms with Gasteiger partial charge in [-0.2, -0.15) is 0 Å². The molecule has 144 valence electrons. The molecule has 1 N–H and O–H groups in total. The number of rotatable bonds is 5. The molecule has 0 spiro atoms. The summed E-state index contributed by atoms with van der Waals surface area (Å²) in [6.07, 6.45) is 2.04. The van der Waals surface area contributed by atoms with Crippen LogP contribution in [0.25, 0.3) is 0 Å². The zero-order valence-electron chi connectivity index (χ0n) is 15.4. The lowest BCUT2D eigenvalue weighted by atomic mass is 9.89. The number of hydrogen-bond donors (Lipinski definition) is 1. The molecule has 2 aromatic rings. The number of ether oxygens (including phenoxy) is 2. The number of benzene rings is 1. The Hall–Kier alpha value is -2.67. The summed E-state index contributed by atoms with van der Waals surface area (Å²) < 4.78 is 12.3. The van der Waals surface area contributed by atoms with Crippen molar-refractivity contribution in [3.63, 3.8) is 0 Å². The molecule has 1 aliphatic rings. The van der Waals surface area contributed by atoms with E-state index >= 15 is 0 Å². The summed E-state index contributed by atoms with van der Waals surface area (Å²) in [6.45, 7) is 0.405. The predicted molar refractivity (Wildman–Crippen MR) is 99.7 cm³/mol. The first-order chi connectivity index (χ1) is 12.8. The van der Waals surface area contributed by atoms with Gasteiger partial charge in [0.1, 0.15) is 5.69 Å². The molecule has 1 aromatic heterocycles. The topological polar surface area (TPSA) is 81.0 Å². The van der Waals surface area contributed by atoms with Crippen molar-refractivity contribution < 1.29 is 24.2 Å². The van der Waals surface area contributed by atoms with Crippen molar-refractivity contribution in [2.24, 2.45) is 7.05 Å². The van der Waals surface area contributed by atoms with Crippen molar-refractivity contribution in [2.45, 2.75) is 18.9 Å². The van der Waals surface area contributed by atoms with Gasteiger partial charge in [-0.1, -0.05) is 11.6 Å². The minimum atomic E-state index is -0.981. The molecule has 1 aliphatic heterocycles. The molecule has 0 bridgehead atoms. The van der Waals surface area contributed by atoms with E-state index in [0.29, 0.717) is 35.2 Å². The van der Waals surface area contributed by atoms with Gasteiger partial charge in [-0.15, -0.1) is 0 Å². The van der Waals surface area contributed by atoms with Gasteiger partial charge >= 0.3 is 5.97 Å². The number of halogens is 1. The highest BCUT2D eigenvalue weighted by Crippen LogP contribution is 2.40. The van der Waals surface area contributed by atoms with Crippen LogP contribution in [0, 0.1) is 0 Å². The van der Waals surface area contributed by atoms with E-state index < -0.39 is 12.0 Å². The molecule has 1 amide bonds. The van der Waals surface area contributed by atoms with Crippen LogP contribution in [-0.2, 0) is 18.3 Å². The minimum Gasteiger partial charge on any atom is -0.493 e. The number of aromatic nitrogens is 1. The van der Waals surface area contributed by atoms with Crippen molar-refractivity contribution in [3.8, 4) is 11.5 Å². The van der Waals surface area contributed by atoms with Crippen molar-refractivity contribution in [1.29, 1.82) is 0 Å². The molecule has 27 heavy (non-hydrogen) atoms. The Morgan fingerprint density at radius 3 is 2.44 bits per heavy atom. The van der Waals surface area contributed by atoms with Crippen LogP contribution < -0.4 is 9.47 Å². The molecule has 1 atom stereocenters. The van der Waals surface area contributed by atoms with E-state index in [2.05, 4.69) is 0 Å². The maximum Gasteiger partial charge on any atom is 0.305 e. The summed E-state index contributed by atoms with van der Waals surface area (Å²) in [5.41, 5.74) is 2.13. The van der Waals surface area contributed by atoms with Crippen LogP contribution in [0.15, 0.2) is 24.4 Å². The molecule has 0 radical (unpaired) electrons. The van der Waals surface area contributed by atoms with Gasteiger partial charge in [0.15, 0.2) is 11.5 Å². The van der Waals surface area contributed by atoms with E-state index in [1.807, 2.05) is 6.07 Å². The SMILES string of the molecule is COc1cc2c(cc1OC)[C@@H](CC(=O)O)N(C(=O)c1cc(Cl)cn1C)CC2. The second kappa shape index (κ2) is 7.52. The van der Waals surface area contributed by atoms with Crippen molar-refractivity contribution in [3.05, 3.63) is 46.2 Å². The number of carbonyl (C=O) groups excluding carboxylic acids is 1. The van der Waals surface area contributed by atoms with Crippen LogP contribution in [0.2, 0.25) is 5.02 Å². The lowest BCUT2D eigenvalue weighted by molar-refractivity contribution is -0.138. The number of amides is 1.